The summed E-state index contributed by atoms with van der Waals surface area (Å²) in [6, 6.07) is 4.31. The Bertz CT molecular complexity index is 707. The molecule has 0 aliphatic carbocycles. The van der Waals surface area contributed by atoms with Crippen LogP contribution in [0.3, 0.4) is 0 Å². The monoisotopic (exact) mass is 386 g/mol. The third-order valence-electron chi connectivity index (χ3n) is 6.42. The topological polar surface area (TPSA) is 66.0 Å². The molecule has 7 nitrogen and oxygen atoms in total. The van der Waals surface area contributed by atoms with Gasteiger partial charge in [-0.1, -0.05) is 6.07 Å². The van der Waals surface area contributed by atoms with Gasteiger partial charge in [-0.15, -0.1) is 0 Å². The predicted octanol–water partition coefficient (Wildman–Crippen LogP) is 1.80. The molecule has 0 atom stereocenters. The number of carbonyl (C=O) groups is 2. The molecule has 0 aromatic carbocycles. The second-order valence-corrected chi connectivity index (χ2v) is 8.40. The van der Waals surface area contributed by atoms with Crippen molar-refractivity contribution in [1.82, 2.24) is 19.7 Å². The van der Waals surface area contributed by atoms with Gasteiger partial charge in [0, 0.05) is 36.9 Å². The van der Waals surface area contributed by atoms with Crippen LogP contribution in [-0.4, -0.2) is 84.1 Å². The normalized spacial score (nSPS) is 22.5. The summed E-state index contributed by atoms with van der Waals surface area (Å²) in [5.74, 6) is 0.0190. The second kappa shape index (κ2) is 8.07. The summed E-state index contributed by atoms with van der Waals surface area (Å²) in [6.45, 7) is 7.84. The van der Waals surface area contributed by atoms with Crippen LogP contribution in [-0.2, 0) is 14.9 Å². The number of carbonyl (C=O) groups excluding carboxylic acids is 2. The first-order valence-corrected chi connectivity index (χ1v) is 10.4. The van der Waals surface area contributed by atoms with Crippen LogP contribution >= 0.6 is 0 Å². The van der Waals surface area contributed by atoms with E-state index in [1.807, 2.05) is 11.1 Å². The Morgan fingerprint density at radius 2 is 1.89 bits per heavy atom. The molecule has 28 heavy (non-hydrogen) atoms. The molecule has 0 radical (unpaired) electrons. The number of likely N-dealkylation sites (tertiary alicyclic amines) is 2. The molecule has 152 valence electrons. The molecule has 7 heteroatoms. The minimum atomic E-state index is -0.377. The molecular formula is C21H30N4O3. The van der Waals surface area contributed by atoms with Gasteiger partial charge in [-0.2, -0.15) is 0 Å². The highest BCUT2D eigenvalue weighted by Crippen LogP contribution is 2.36. The molecule has 1 aromatic rings. The number of hydrogen-bond acceptors (Lipinski definition) is 5. The van der Waals surface area contributed by atoms with E-state index in [1.165, 1.54) is 23.3 Å². The number of ether oxygens (including phenoxy) is 1. The van der Waals surface area contributed by atoms with E-state index in [1.54, 1.807) is 0 Å². The fraction of sp³-hybridized carbons (Fsp3) is 0.667. The Morgan fingerprint density at radius 1 is 1.14 bits per heavy atom. The molecule has 4 heterocycles. The lowest BCUT2D eigenvalue weighted by Gasteiger charge is -2.43. The lowest BCUT2D eigenvalue weighted by Crippen LogP contribution is -2.52. The van der Waals surface area contributed by atoms with Gasteiger partial charge < -0.3 is 14.5 Å². The maximum absolute atomic E-state index is 12.7. The quantitative estimate of drug-likeness (QED) is 0.772. The summed E-state index contributed by atoms with van der Waals surface area (Å²) in [7, 11) is 0. The van der Waals surface area contributed by atoms with Gasteiger partial charge in [0.25, 0.3) is 0 Å². The maximum atomic E-state index is 12.7. The average molecular weight is 386 g/mol. The highest BCUT2D eigenvalue weighted by atomic mass is 16.6. The number of hydrogen-bond donors (Lipinski definition) is 0. The summed E-state index contributed by atoms with van der Waals surface area (Å²) < 4.78 is 4.93. The summed E-state index contributed by atoms with van der Waals surface area (Å²) in [4.78, 5) is 35.0. The van der Waals surface area contributed by atoms with Crippen molar-refractivity contribution >= 4 is 12.0 Å². The number of nitrogens with zero attached hydrogens (tertiary/aromatic N) is 4. The number of rotatable bonds is 5. The first-order chi connectivity index (χ1) is 13.6. The standard InChI is InChI=1S/C21H30N4O3/c1-17-4-5-18(22-14-17)21(16-23-8-2-3-9-23)6-10-24(11-7-21)19(26)15-25-12-13-28-20(25)27/h4-5,14H,2-3,6-13,15-16H2,1H3. The zero-order valence-electron chi connectivity index (χ0n) is 16.7. The Balaban J connectivity index is 1.44. The molecule has 0 unspecified atom stereocenters. The fourth-order valence-electron chi connectivity index (χ4n) is 4.66. The number of pyridine rings is 1. The number of amides is 2. The molecule has 2 amide bonds. The van der Waals surface area contributed by atoms with E-state index in [4.69, 9.17) is 9.72 Å². The number of piperidine rings is 1. The third-order valence-corrected chi connectivity index (χ3v) is 6.42. The predicted molar refractivity (Wildman–Crippen MR) is 105 cm³/mol. The SMILES string of the molecule is Cc1ccc(C2(CN3CCCC3)CCN(C(=O)CN3CCOC3=O)CC2)nc1. The Morgan fingerprint density at radius 3 is 2.50 bits per heavy atom. The number of cyclic esters (lactones) is 1. The zero-order valence-corrected chi connectivity index (χ0v) is 16.7. The van der Waals surface area contributed by atoms with Gasteiger partial charge in [0.15, 0.2) is 0 Å². The highest BCUT2D eigenvalue weighted by Gasteiger charge is 2.40. The van der Waals surface area contributed by atoms with Crippen LogP contribution in [0, 0.1) is 6.92 Å². The molecule has 3 saturated heterocycles. The fourth-order valence-corrected chi connectivity index (χ4v) is 4.66. The summed E-state index contributed by atoms with van der Waals surface area (Å²) >= 11 is 0. The van der Waals surface area contributed by atoms with E-state index in [-0.39, 0.29) is 24.0 Å². The van der Waals surface area contributed by atoms with Crippen LogP contribution in [0.2, 0.25) is 0 Å². The largest absolute Gasteiger partial charge is 0.448 e. The summed E-state index contributed by atoms with van der Waals surface area (Å²) in [6.07, 6.45) is 5.95. The molecule has 0 saturated carbocycles. The molecular weight excluding hydrogens is 356 g/mol. The van der Waals surface area contributed by atoms with Gasteiger partial charge in [-0.25, -0.2) is 4.79 Å². The summed E-state index contributed by atoms with van der Waals surface area (Å²) in [5, 5.41) is 0. The Hall–Kier alpha value is -2.15. The molecule has 3 fully saturated rings. The van der Waals surface area contributed by atoms with Gasteiger partial charge in [0.1, 0.15) is 13.2 Å². The molecule has 3 aliphatic heterocycles. The first-order valence-electron chi connectivity index (χ1n) is 10.4. The average Bonchev–Trinajstić information content (AvgIpc) is 3.35. The van der Waals surface area contributed by atoms with Crippen molar-refractivity contribution in [2.75, 3.05) is 52.4 Å². The molecule has 1 aromatic heterocycles. The molecule has 3 aliphatic rings. The van der Waals surface area contributed by atoms with Crippen molar-refractivity contribution in [3.05, 3.63) is 29.6 Å². The van der Waals surface area contributed by atoms with Gasteiger partial charge >= 0.3 is 6.09 Å². The summed E-state index contributed by atoms with van der Waals surface area (Å²) in [5.41, 5.74) is 2.33. The maximum Gasteiger partial charge on any atom is 0.410 e. The molecule has 4 rings (SSSR count). The van der Waals surface area contributed by atoms with Crippen LogP contribution in [0.15, 0.2) is 18.3 Å². The van der Waals surface area contributed by atoms with Gasteiger partial charge in [0.2, 0.25) is 5.91 Å². The third kappa shape index (κ3) is 3.99. The van der Waals surface area contributed by atoms with Crippen molar-refractivity contribution in [2.45, 2.75) is 38.0 Å². The lowest BCUT2D eigenvalue weighted by molar-refractivity contribution is -0.133. The van der Waals surface area contributed by atoms with Crippen molar-refractivity contribution in [3.63, 3.8) is 0 Å². The number of aromatic nitrogens is 1. The van der Waals surface area contributed by atoms with Crippen LogP contribution in [0.4, 0.5) is 4.79 Å². The van der Waals surface area contributed by atoms with E-state index in [2.05, 4.69) is 24.0 Å². The zero-order chi connectivity index (χ0) is 19.6. The van der Waals surface area contributed by atoms with Crippen molar-refractivity contribution in [2.24, 2.45) is 0 Å². The van der Waals surface area contributed by atoms with Crippen LogP contribution in [0.25, 0.3) is 0 Å². The second-order valence-electron chi connectivity index (χ2n) is 8.40. The molecule has 0 bridgehead atoms. The Kier molecular flexibility index (Phi) is 5.53. The van der Waals surface area contributed by atoms with Crippen LogP contribution in [0.5, 0.6) is 0 Å². The highest BCUT2D eigenvalue weighted by molar-refractivity contribution is 5.83. The van der Waals surface area contributed by atoms with Gasteiger partial charge in [0.05, 0.1) is 6.54 Å². The lowest BCUT2D eigenvalue weighted by atomic mass is 9.74. The van der Waals surface area contributed by atoms with E-state index in [0.717, 1.165) is 38.2 Å². The van der Waals surface area contributed by atoms with E-state index in [0.29, 0.717) is 26.2 Å². The van der Waals surface area contributed by atoms with E-state index in [9.17, 15) is 9.59 Å². The van der Waals surface area contributed by atoms with Crippen LogP contribution < -0.4 is 0 Å². The van der Waals surface area contributed by atoms with E-state index < -0.39 is 0 Å². The van der Waals surface area contributed by atoms with Gasteiger partial charge in [-0.05, 0) is 57.3 Å². The van der Waals surface area contributed by atoms with Gasteiger partial charge in [-0.3, -0.25) is 14.7 Å². The van der Waals surface area contributed by atoms with E-state index >= 15 is 0 Å². The van der Waals surface area contributed by atoms with Crippen molar-refractivity contribution in [3.8, 4) is 0 Å². The first kappa shape index (κ1) is 19.2. The number of aryl methyl sites for hydroxylation is 1. The van der Waals surface area contributed by atoms with Crippen LogP contribution in [0.1, 0.15) is 36.9 Å². The van der Waals surface area contributed by atoms with Crippen molar-refractivity contribution in [1.29, 1.82) is 0 Å². The minimum absolute atomic E-state index is 0.00138. The Labute approximate surface area is 166 Å². The smallest absolute Gasteiger partial charge is 0.410 e. The molecule has 0 N–H and O–H groups in total. The minimum Gasteiger partial charge on any atom is -0.448 e. The molecule has 0 spiro atoms. The van der Waals surface area contributed by atoms with Crippen molar-refractivity contribution < 1.29 is 14.3 Å².